The van der Waals surface area contributed by atoms with Crippen molar-refractivity contribution in [3.63, 3.8) is 0 Å². The van der Waals surface area contributed by atoms with Gasteiger partial charge in [-0.05, 0) is 30.5 Å². The molecule has 0 aliphatic carbocycles. The Morgan fingerprint density at radius 1 is 1.57 bits per heavy atom. The summed E-state index contributed by atoms with van der Waals surface area (Å²) in [5.41, 5.74) is 7.75. The zero-order valence-corrected chi connectivity index (χ0v) is 8.22. The summed E-state index contributed by atoms with van der Waals surface area (Å²) in [5, 5.41) is 4.09. The molecule has 2 aromatic heterocycles. The van der Waals surface area contributed by atoms with E-state index in [4.69, 9.17) is 5.73 Å². The van der Waals surface area contributed by atoms with Gasteiger partial charge in [0.25, 0.3) is 0 Å². The zero-order chi connectivity index (χ0) is 9.97. The first-order valence-corrected chi connectivity index (χ1v) is 4.78. The normalized spacial score (nSPS) is 13.3. The maximum atomic E-state index is 5.60. The average molecular weight is 190 g/mol. The topological polar surface area (TPSA) is 56.2 Å². The largest absolute Gasteiger partial charge is 0.330 e. The van der Waals surface area contributed by atoms with Crippen LogP contribution in [-0.4, -0.2) is 21.1 Å². The van der Waals surface area contributed by atoms with Crippen molar-refractivity contribution in [2.75, 3.05) is 6.54 Å². The molecule has 74 valence electrons. The molecule has 0 fully saturated rings. The maximum Gasteiger partial charge on any atom is 0.158 e. The molecule has 2 heterocycles. The number of aromatic nitrogens is 3. The van der Waals surface area contributed by atoms with Gasteiger partial charge in [0.1, 0.15) is 6.33 Å². The molecule has 2 N–H and O–H groups in total. The van der Waals surface area contributed by atoms with Gasteiger partial charge in [0.15, 0.2) is 5.65 Å². The smallest absolute Gasteiger partial charge is 0.158 e. The van der Waals surface area contributed by atoms with Crippen LogP contribution in [0.15, 0.2) is 24.7 Å². The van der Waals surface area contributed by atoms with Gasteiger partial charge in [-0.15, -0.1) is 0 Å². The highest BCUT2D eigenvalue weighted by Crippen LogP contribution is 2.11. The van der Waals surface area contributed by atoms with E-state index in [9.17, 15) is 0 Å². The van der Waals surface area contributed by atoms with Crippen LogP contribution in [0, 0.1) is 5.92 Å². The van der Waals surface area contributed by atoms with E-state index >= 15 is 0 Å². The molecule has 0 radical (unpaired) electrons. The summed E-state index contributed by atoms with van der Waals surface area (Å²) >= 11 is 0. The van der Waals surface area contributed by atoms with Crippen molar-refractivity contribution in [3.8, 4) is 0 Å². The van der Waals surface area contributed by atoms with Crippen LogP contribution in [0.25, 0.3) is 5.65 Å². The standard InChI is InChI=1S/C10H14N4/c1-8(6-11)5-9-3-2-4-14-10(9)12-7-13-14/h2-4,7-8H,5-6,11H2,1H3. The molecule has 1 unspecified atom stereocenters. The molecule has 0 aromatic carbocycles. The third-order valence-corrected chi connectivity index (χ3v) is 2.36. The van der Waals surface area contributed by atoms with Crippen molar-refractivity contribution in [3.05, 3.63) is 30.2 Å². The highest BCUT2D eigenvalue weighted by atomic mass is 15.3. The van der Waals surface area contributed by atoms with Crippen LogP contribution in [0.5, 0.6) is 0 Å². The number of pyridine rings is 1. The van der Waals surface area contributed by atoms with Gasteiger partial charge >= 0.3 is 0 Å². The van der Waals surface area contributed by atoms with E-state index in [2.05, 4.69) is 23.1 Å². The van der Waals surface area contributed by atoms with Crippen molar-refractivity contribution >= 4 is 5.65 Å². The number of nitrogens with two attached hydrogens (primary N) is 1. The van der Waals surface area contributed by atoms with E-state index in [1.807, 2.05) is 12.3 Å². The molecular weight excluding hydrogens is 176 g/mol. The van der Waals surface area contributed by atoms with Crippen LogP contribution >= 0.6 is 0 Å². The second-order valence-electron chi connectivity index (χ2n) is 3.61. The Morgan fingerprint density at radius 3 is 3.21 bits per heavy atom. The van der Waals surface area contributed by atoms with Crippen LogP contribution < -0.4 is 5.73 Å². The SMILES string of the molecule is CC(CN)Cc1cccn2ncnc12. The quantitative estimate of drug-likeness (QED) is 0.781. The monoisotopic (exact) mass is 190 g/mol. The highest BCUT2D eigenvalue weighted by Gasteiger charge is 2.06. The maximum absolute atomic E-state index is 5.60. The van der Waals surface area contributed by atoms with E-state index in [0.29, 0.717) is 12.5 Å². The summed E-state index contributed by atoms with van der Waals surface area (Å²) in [5.74, 6) is 0.484. The first-order chi connectivity index (χ1) is 6.81. The van der Waals surface area contributed by atoms with E-state index in [1.54, 1.807) is 10.8 Å². The number of hydrogen-bond donors (Lipinski definition) is 1. The van der Waals surface area contributed by atoms with Crippen LogP contribution in [0.1, 0.15) is 12.5 Å². The van der Waals surface area contributed by atoms with E-state index in [1.165, 1.54) is 5.56 Å². The predicted octanol–water partition coefficient (Wildman–Crippen LogP) is 0.867. The summed E-state index contributed by atoms with van der Waals surface area (Å²) in [6.45, 7) is 2.84. The Bertz CT molecular complexity index is 421. The van der Waals surface area contributed by atoms with Gasteiger partial charge in [0.2, 0.25) is 0 Å². The third kappa shape index (κ3) is 1.61. The highest BCUT2D eigenvalue weighted by molar-refractivity contribution is 5.46. The Balaban J connectivity index is 2.36. The molecule has 1 atom stereocenters. The van der Waals surface area contributed by atoms with Gasteiger partial charge in [0.05, 0.1) is 0 Å². The fourth-order valence-corrected chi connectivity index (χ4v) is 1.52. The van der Waals surface area contributed by atoms with Crippen molar-refractivity contribution in [2.45, 2.75) is 13.3 Å². The lowest BCUT2D eigenvalue weighted by Gasteiger charge is -2.08. The van der Waals surface area contributed by atoms with Crippen molar-refractivity contribution in [1.29, 1.82) is 0 Å². The molecule has 2 aromatic rings. The molecule has 0 spiro atoms. The Labute approximate surface area is 82.8 Å². The zero-order valence-electron chi connectivity index (χ0n) is 8.22. The molecule has 0 saturated carbocycles. The molecule has 0 aliphatic heterocycles. The van der Waals surface area contributed by atoms with Crippen LogP contribution in [-0.2, 0) is 6.42 Å². The van der Waals surface area contributed by atoms with E-state index < -0.39 is 0 Å². The average Bonchev–Trinajstić information content (AvgIpc) is 2.66. The van der Waals surface area contributed by atoms with E-state index in [0.717, 1.165) is 12.1 Å². The fraction of sp³-hybridized carbons (Fsp3) is 0.400. The summed E-state index contributed by atoms with van der Waals surface area (Å²) in [6.07, 6.45) is 4.43. The van der Waals surface area contributed by atoms with Crippen LogP contribution in [0.2, 0.25) is 0 Å². The van der Waals surface area contributed by atoms with Crippen molar-refractivity contribution in [2.24, 2.45) is 11.7 Å². The fourth-order valence-electron chi connectivity index (χ4n) is 1.52. The summed E-state index contributed by atoms with van der Waals surface area (Å²) in [7, 11) is 0. The minimum absolute atomic E-state index is 0.484. The molecule has 2 rings (SSSR count). The van der Waals surface area contributed by atoms with Gasteiger partial charge in [-0.2, -0.15) is 5.10 Å². The summed E-state index contributed by atoms with van der Waals surface area (Å²) < 4.78 is 1.79. The number of rotatable bonds is 3. The second kappa shape index (κ2) is 3.75. The lowest BCUT2D eigenvalue weighted by molar-refractivity contribution is 0.593. The molecular formula is C10H14N4. The third-order valence-electron chi connectivity index (χ3n) is 2.36. The molecule has 0 bridgehead atoms. The van der Waals surface area contributed by atoms with Crippen molar-refractivity contribution in [1.82, 2.24) is 14.6 Å². The van der Waals surface area contributed by atoms with Crippen LogP contribution in [0.3, 0.4) is 0 Å². The Hall–Kier alpha value is -1.42. The number of nitrogens with zero attached hydrogens (tertiary/aromatic N) is 3. The van der Waals surface area contributed by atoms with Gasteiger partial charge in [-0.1, -0.05) is 13.0 Å². The predicted molar refractivity (Wildman–Crippen MR) is 54.9 cm³/mol. The minimum Gasteiger partial charge on any atom is -0.330 e. The lowest BCUT2D eigenvalue weighted by Crippen LogP contribution is -2.13. The van der Waals surface area contributed by atoms with Gasteiger partial charge in [0, 0.05) is 6.20 Å². The van der Waals surface area contributed by atoms with Crippen LogP contribution in [0.4, 0.5) is 0 Å². The van der Waals surface area contributed by atoms with Gasteiger partial charge < -0.3 is 5.73 Å². The van der Waals surface area contributed by atoms with Crippen molar-refractivity contribution < 1.29 is 0 Å². The molecule has 14 heavy (non-hydrogen) atoms. The molecule has 4 nitrogen and oxygen atoms in total. The van der Waals surface area contributed by atoms with Gasteiger partial charge in [-0.3, -0.25) is 0 Å². The molecule has 0 amide bonds. The second-order valence-corrected chi connectivity index (χ2v) is 3.61. The summed E-state index contributed by atoms with van der Waals surface area (Å²) in [4.78, 5) is 4.22. The number of hydrogen-bond acceptors (Lipinski definition) is 3. The Kier molecular flexibility index (Phi) is 2.45. The lowest BCUT2D eigenvalue weighted by atomic mass is 10.0. The number of fused-ring (bicyclic) bond motifs is 1. The van der Waals surface area contributed by atoms with Gasteiger partial charge in [-0.25, -0.2) is 9.50 Å². The molecule has 0 saturated heterocycles. The van der Waals surface area contributed by atoms with E-state index in [-0.39, 0.29) is 0 Å². The minimum atomic E-state index is 0.484. The molecule has 4 heteroatoms. The first kappa shape index (κ1) is 9.15. The molecule has 0 aliphatic rings. The summed E-state index contributed by atoms with van der Waals surface area (Å²) in [6, 6.07) is 4.07. The Morgan fingerprint density at radius 2 is 2.43 bits per heavy atom. The first-order valence-electron chi connectivity index (χ1n) is 4.78.